The molecule has 0 aliphatic carbocycles. The molecule has 0 unspecified atom stereocenters. The Hall–Kier alpha value is -1.84. The van der Waals surface area contributed by atoms with Crippen LogP contribution < -0.4 is 0 Å². The third kappa shape index (κ3) is 1.66. The molecule has 0 fully saturated rings. The van der Waals surface area contributed by atoms with Crippen LogP contribution in [0.4, 0.5) is 0 Å². The van der Waals surface area contributed by atoms with Crippen molar-refractivity contribution >= 4 is 5.57 Å². The second kappa shape index (κ2) is 3.26. The molecular weight excluding hydrogens is 166 g/mol. The van der Waals surface area contributed by atoms with E-state index in [1.807, 2.05) is 42.6 Å². The third-order valence-corrected chi connectivity index (χ3v) is 1.66. The van der Waals surface area contributed by atoms with E-state index in [1.54, 1.807) is 0 Å². The van der Waals surface area contributed by atoms with Crippen molar-refractivity contribution in [3.8, 4) is 0 Å². The molecule has 2 rings (SSSR count). The lowest BCUT2D eigenvalue weighted by molar-refractivity contribution is 0.536. The predicted molar refractivity (Wildman–Crippen MR) is 48.3 cm³/mol. The highest BCUT2D eigenvalue weighted by atomic mass is 16.4. The minimum atomic E-state index is 0.534. The SMILES string of the molecule is CN1C=CC=CC(c2nnco2)=C1. The van der Waals surface area contributed by atoms with Crippen LogP contribution in [0, 0.1) is 0 Å². The Labute approximate surface area is 75.9 Å². The van der Waals surface area contributed by atoms with Gasteiger partial charge in [0, 0.05) is 19.4 Å². The summed E-state index contributed by atoms with van der Waals surface area (Å²) in [5.41, 5.74) is 0.907. The topological polar surface area (TPSA) is 42.2 Å². The van der Waals surface area contributed by atoms with Gasteiger partial charge in [-0.3, -0.25) is 0 Å². The van der Waals surface area contributed by atoms with E-state index in [0.717, 1.165) is 5.57 Å². The van der Waals surface area contributed by atoms with Gasteiger partial charge in [-0.1, -0.05) is 6.08 Å². The molecule has 1 aliphatic heterocycles. The van der Waals surface area contributed by atoms with Gasteiger partial charge in [-0.2, -0.15) is 0 Å². The van der Waals surface area contributed by atoms with Gasteiger partial charge in [0.25, 0.3) is 0 Å². The lowest BCUT2D eigenvalue weighted by Crippen LogP contribution is -2.00. The van der Waals surface area contributed by atoms with Crippen molar-refractivity contribution in [2.24, 2.45) is 0 Å². The minimum Gasteiger partial charge on any atom is -0.423 e. The summed E-state index contributed by atoms with van der Waals surface area (Å²) >= 11 is 0. The minimum absolute atomic E-state index is 0.534. The monoisotopic (exact) mass is 175 g/mol. The van der Waals surface area contributed by atoms with Gasteiger partial charge in [-0.05, 0) is 12.2 Å². The van der Waals surface area contributed by atoms with Crippen LogP contribution in [0.3, 0.4) is 0 Å². The van der Waals surface area contributed by atoms with E-state index < -0.39 is 0 Å². The van der Waals surface area contributed by atoms with Gasteiger partial charge >= 0.3 is 0 Å². The number of rotatable bonds is 1. The summed E-state index contributed by atoms with van der Waals surface area (Å²) < 4.78 is 5.08. The summed E-state index contributed by atoms with van der Waals surface area (Å²) in [6.45, 7) is 0. The molecule has 2 heterocycles. The molecule has 1 aromatic heterocycles. The van der Waals surface area contributed by atoms with Crippen molar-refractivity contribution in [1.29, 1.82) is 0 Å². The van der Waals surface area contributed by atoms with Crippen LogP contribution in [-0.2, 0) is 0 Å². The maximum Gasteiger partial charge on any atom is 0.248 e. The molecule has 4 heteroatoms. The van der Waals surface area contributed by atoms with Gasteiger partial charge in [0.05, 0.1) is 5.57 Å². The number of allylic oxidation sites excluding steroid dienone is 4. The normalized spacial score (nSPS) is 15.8. The van der Waals surface area contributed by atoms with Crippen LogP contribution in [0.2, 0.25) is 0 Å². The summed E-state index contributed by atoms with van der Waals surface area (Å²) in [7, 11) is 1.94. The zero-order chi connectivity index (χ0) is 9.10. The average Bonchev–Trinajstić information content (AvgIpc) is 2.56. The van der Waals surface area contributed by atoms with Crippen molar-refractivity contribution in [3.63, 3.8) is 0 Å². The van der Waals surface area contributed by atoms with Crippen molar-refractivity contribution in [2.75, 3.05) is 7.05 Å². The van der Waals surface area contributed by atoms with Crippen LogP contribution in [-0.4, -0.2) is 22.1 Å². The molecule has 0 saturated heterocycles. The second-order valence-electron chi connectivity index (χ2n) is 2.69. The zero-order valence-electron chi connectivity index (χ0n) is 7.21. The molecule has 0 radical (unpaired) electrons. The lowest BCUT2D eigenvalue weighted by Gasteiger charge is -2.05. The Bertz CT molecular complexity index is 362. The summed E-state index contributed by atoms with van der Waals surface area (Å²) in [5.74, 6) is 0.534. The van der Waals surface area contributed by atoms with E-state index in [0.29, 0.717) is 5.89 Å². The molecule has 0 bridgehead atoms. The molecule has 0 amide bonds. The highest BCUT2D eigenvalue weighted by molar-refractivity contribution is 5.68. The van der Waals surface area contributed by atoms with Crippen molar-refractivity contribution in [2.45, 2.75) is 0 Å². The molecule has 0 N–H and O–H groups in total. The molecule has 0 saturated carbocycles. The Balaban J connectivity index is 2.34. The van der Waals surface area contributed by atoms with Gasteiger partial charge in [0.15, 0.2) is 0 Å². The van der Waals surface area contributed by atoms with Gasteiger partial charge in [-0.15, -0.1) is 10.2 Å². The van der Waals surface area contributed by atoms with Crippen LogP contribution in [0.15, 0.2) is 41.4 Å². The maximum atomic E-state index is 5.08. The van der Waals surface area contributed by atoms with E-state index in [1.165, 1.54) is 6.39 Å². The fraction of sp³-hybridized carbons (Fsp3) is 0.111. The number of nitrogens with zero attached hydrogens (tertiary/aromatic N) is 3. The fourth-order valence-electron chi connectivity index (χ4n) is 1.08. The lowest BCUT2D eigenvalue weighted by atomic mass is 10.2. The molecule has 66 valence electrons. The standard InChI is InChI=1S/C9H9N3O/c1-12-5-3-2-4-8(6-12)9-11-10-7-13-9/h2-7H,1H3. The van der Waals surface area contributed by atoms with Crippen LogP contribution in [0.25, 0.3) is 5.57 Å². The smallest absolute Gasteiger partial charge is 0.248 e. The highest BCUT2D eigenvalue weighted by Crippen LogP contribution is 2.15. The molecule has 13 heavy (non-hydrogen) atoms. The molecule has 0 aromatic carbocycles. The molecule has 4 nitrogen and oxygen atoms in total. The summed E-state index contributed by atoms with van der Waals surface area (Å²) in [4.78, 5) is 1.93. The van der Waals surface area contributed by atoms with Gasteiger partial charge in [0.1, 0.15) is 0 Å². The van der Waals surface area contributed by atoms with Crippen molar-refractivity contribution in [3.05, 3.63) is 42.9 Å². The zero-order valence-corrected chi connectivity index (χ0v) is 7.21. The Morgan fingerprint density at radius 3 is 3.08 bits per heavy atom. The number of hydrogen-bond acceptors (Lipinski definition) is 4. The van der Waals surface area contributed by atoms with E-state index in [2.05, 4.69) is 10.2 Å². The van der Waals surface area contributed by atoms with E-state index in [-0.39, 0.29) is 0 Å². The molecule has 0 spiro atoms. The summed E-state index contributed by atoms with van der Waals surface area (Å²) in [5, 5.41) is 7.45. The van der Waals surface area contributed by atoms with Gasteiger partial charge < -0.3 is 9.32 Å². The third-order valence-electron chi connectivity index (χ3n) is 1.66. The van der Waals surface area contributed by atoms with E-state index in [9.17, 15) is 0 Å². The Morgan fingerprint density at radius 1 is 1.38 bits per heavy atom. The first-order chi connectivity index (χ1) is 6.36. The van der Waals surface area contributed by atoms with Gasteiger partial charge in [-0.25, -0.2) is 0 Å². The van der Waals surface area contributed by atoms with Crippen LogP contribution >= 0.6 is 0 Å². The van der Waals surface area contributed by atoms with Crippen LogP contribution in [0.5, 0.6) is 0 Å². The quantitative estimate of drug-likeness (QED) is 0.647. The largest absolute Gasteiger partial charge is 0.423 e. The summed E-state index contributed by atoms with van der Waals surface area (Å²) in [6.07, 6.45) is 11.0. The van der Waals surface area contributed by atoms with Crippen LogP contribution in [0.1, 0.15) is 5.89 Å². The average molecular weight is 175 g/mol. The first kappa shape index (κ1) is 7.79. The molecule has 0 atom stereocenters. The first-order valence-corrected chi connectivity index (χ1v) is 3.91. The van der Waals surface area contributed by atoms with E-state index in [4.69, 9.17) is 4.42 Å². The first-order valence-electron chi connectivity index (χ1n) is 3.91. The van der Waals surface area contributed by atoms with Crippen molar-refractivity contribution < 1.29 is 4.42 Å². The summed E-state index contributed by atoms with van der Waals surface area (Å²) in [6, 6.07) is 0. The second-order valence-corrected chi connectivity index (χ2v) is 2.69. The molecule has 1 aliphatic rings. The molecular formula is C9H9N3O. The predicted octanol–water partition coefficient (Wildman–Crippen LogP) is 1.43. The van der Waals surface area contributed by atoms with Gasteiger partial charge in [0.2, 0.25) is 12.3 Å². The Kier molecular flexibility index (Phi) is 1.96. The highest BCUT2D eigenvalue weighted by Gasteiger charge is 2.05. The van der Waals surface area contributed by atoms with E-state index >= 15 is 0 Å². The fourth-order valence-corrected chi connectivity index (χ4v) is 1.08. The Morgan fingerprint density at radius 2 is 2.31 bits per heavy atom. The molecule has 1 aromatic rings. The maximum absolute atomic E-state index is 5.08. The van der Waals surface area contributed by atoms with Crippen molar-refractivity contribution in [1.82, 2.24) is 15.1 Å². The number of hydrogen-bond donors (Lipinski definition) is 0. The number of aromatic nitrogens is 2.